The van der Waals surface area contributed by atoms with E-state index in [1.807, 2.05) is 12.3 Å². The number of halogens is 1. The Morgan fingerprint density at radius 2 is 2.00 bits per heavy atom. The van der Waals surface area contributed by atoms with E-state index < -0.39 is 0 Å². The number of aryl methyl sites for hydroxylation is 1. The summed E-state index contributed by atoms with van der Waals surface area (Å²) in [4.78, 5) is 23.2. The Balaban J connectivity index is 0.00000252. The van der Waals surface area contributed by atoms with E-state index in [0.29, 0.717) is 11.5 Å². The molecule has 7 rings (SSSR count). The first-order valence-electron chi connectivity index (χ1n) is 12.6. The Labute approximate surface area is 220 Å². The summed E-state index contributed by atoms with van der Waals surface area (Å²) in [6.07, 6.45) is 9.04. The number of aromatic amines is 1. The molecule has 194 valence electrons. The summed E-state index contributed by atoms with van der Waals surface area (Å²) in [5, 5.41) is 7.73. The Morgan fingerprint density at radius 1 is 1.14 bits per heavy atom. The Hall–Kier alpha value is -3.28. The summed E-state index contributed by atoms with van der Waals surface area (Å²) in [7, 11) is 0. The van der Waals surface area contributed by atoms with Crippen molar-refractivity contribution in [2.45, 2.75) is 44.8 Å². The van der Waals surface area contributed by atoms with E-state index >= 15 is 0 Å². The molecule has 0 unspecified atom stereocenters. The lowest BCUT2D eigenvalue weighted by Gasteiger charge is -2.41. The second-order valence-electron chi connectivity index (χ2n) is 10.1. The van der Waals surface area contributed by atoms with Gasteiger partial charge in [0.1, 0.15) is 17.8 Å². The quantitative estimate of drug-likeness (QED) is 0.412. The van der Waals surface area contributed by atoms with Crippen molar-refractivity contribution in [2.75, 3.05) is 36.0 Å². The molecule has 0 aliphatic carbocycles. The number of oxazole rings is 1. The van der Waals surface area contributed by atoms with E-state index in [-0.39, 0.29) is 30.0 Å². The van der Waals surface area contributed by atoms with Crippen LogP contribution in [0.15, 0.2) is 35.2 Å². The molecule has 11 nitrogen and oxygen atoms in total. The van der Waals surface area contributed by atoms with Gasteiger partial charge in [-0.2, -0.15) is 5.10 Å². The number of piperidine rings is 1. The molecule has 0 aromatic carbocycles. The Bertz CT molecular complexity index is 1400. The molecule has 7 heterocycles. The van der Waals surface area contributed by atoms with Crippen LogP contribution in [0.3, 0.4) is 0 Å². The van der Waals surface area contributed by atoms with Crippen LogP contribution >= 0.6 is 12.4 Å². The highest BCUT2D eigenvalue weighted by Crippen LogP contribution is 2.42. The lowest BCUT2D eigenvalue weighted by atomic mass is 9.73. The number of pyridine rings is 1. The van der Waals surface area contributed by atoms with Gasteiger partial charge in [-0.3, -0.25) is 5.10 Å². The van der Waals surface area contributed by atoms with Crippen molar-refractivity contribution in [2.24, 2.45) is 11.1 Å². The van der Waals surface area contributed by atoms with Gasteiger partial charge in [-0.05, 0) is 44.7 Å². The van der Waals surface area contributed by atoms with Gasteiger partial charge in [0.05, 0.1) is 36.5 Å². The molecule has 12 heteroatoms. The number of hydrogen-bond donors (Lipinski definition) is 2. The summed E-state index contributed by atoms with van der Waals surface area (Å²) in [5.74, 6) is 2.17. The molecular weight excluding hydrogens is 494 g/mol. The first-order valence-corrected chi connectivity index (χ1v) is 12.6. The maximum Gasteiger partial charge on any atom is 0.244 e. The van der Waals surface area contributed by atoms with Crippen LogP contribution in [0.1, 0.15) is 31.9 Å². The number of H-pyrrole nitrogens is 1. The monoisotopic (exact) mass is 523 g/mol. The third-order valence-electron chi connectivity index (χ3n) is 8.11. The fourth-order valence-corrected chi connectivity index (χ4v) is 5.91. The van der Waals surface area contributed by atoms with Crippen LogP contribution in [-0.2, 0) is 11.2 Å². The standard InChI is InChI=1S/C25H29N9O2.ClH/c1-15-21(26)25(14-36-15)6-10-33(11-7-25)19-13-28-20-22(30-19)31-32-23(20)34-9-2-3-16-18(34)5-4-17(29-16)24-27-8-12-35-24;/h4-5,8,12-13,15,21H,2-3,6-7,9-11,14,26H2,1H3,(H,30,31,32);1H/t15-,21+;/m0./s1. The molecule has 2 atom stereocenters. The minimum Gasteiger partial charge on any atom is -0.443 e. The SMILES string of the molecule is C[C@@H]1OCC2(CCN(c3cnc4c(N5CCCc6nc(-c7ncco7)ccc65)n[nH]c4n3)CC2)[C@@H]1N.Cl. The van der Waals surface area contributed by atoms with Crippen LogP contribution in [0.4, 0.5) is 17.3 Å². The molecule has 3 aliphatic rings. The van der Waals surface area contributed by atoms with E-state index in [2.05, 4.69) is 38.0 Å². The summed E-state index contributed by atoms with van der Waals surface area (Å²) in [5.41, 5.74) is 10.8. The van der Waals surface area contributed by atoms with Crippen LogP contribution in [-0.4, -0.2) is 68.5 Å². The number of nitrogens with zero attached hydrogens (tertiary/aromatic N) is 7. The van der Waals surface area contributed by atoms with Gasteiger partial charge in [0.2, 0.25) is 5.89 Å². The molecule has 1 spiro atoms. The van der Waals surface area contributed by atoms with Gasteiger partial charge < -0.3 is 24.7 Å². The van der Waals surface area contributed by atoms with E-state index in [1.165, 1.54) is 0 Å². The zero-order chi connectivity index (χ0) is 24.3. The van der Waals surface area contributed by atoms with Crippen LogP contribution in [0.25, 0.3) is 22.7 Å². The van der Waals surface area contributed by atoms with Crippen molar-refractivity contribution < 1.29 is 9.15 Å². The van der Waals surface area contributed by atoms with E-state index in [0.717, 1.165) is 86.2 Å². The van der Waals surface area contributed by atoms with Gasteiger partial charge in [0.15, 0.2) is 17.0 Å². The van der Waals surface area contributed by atoms with E-state index in [9.17, 15) is 0 Å². The second-order valence-corrected chi connectivity index (χ2v) is 10.1. The summed E-state index contributed by atoms with van der Waals surface area (Å²) in [6.45, 7) is 5.45. The Kier molecular flexibility index (Phi) is 6.01. The molecule has 4 aromatic heterocycles. The first kappa shape index (κ1) is 24.1. The van der Waals surface area contributed by atoms with Crippen molar-refractivity contribution in [3.63, 3.8) is 0 Å². The number of hydrogen-bond acceptors (Lipinski definition) is 10. The molecule has 0 radical (unpaired) electrons. The van der Waals surface area contributed by atoms with Crippen LogP contribution in [0.2, 0.25) is 0 Å². The normalized spacial score (nSPS) is 22.9. The third kappa shape index (κ3) is 3.92. The third-order valence-corrected chi connectivity index (χ3v) is 8.11. The van der Waals surface area contributed by atoms with Crippen LogP contribution < -0.4 is 15.5 Å². The lowest BCUT2D eigenvalue weighted by molar-refractivity contribution is 0.0974. The number of rotatable bonds is 3. The molecule has 37 heavy (non-hydrogen) atoms. The highest BCUT2D eigenvalue weighted by Gasteiger charge is 2.47. The smallest absolute Gasteiger partial charge is 0.244 e. The van der Waals surface area contributed by atoms with E-state index in [4.69, 9.17) is 29.8 Å². The van der Waals surface area contributed by atoms with Gasteiger partial charge in [-0.1, -0.05) is 0 Å². The fourth-order valence-electron chi connectivity index (χ4n) is 5.91. The maximum absolute atomic E-state index is 6.49. The van der Waals surface area contributed by atoms with E-state index in [1.54, 1.807) is 12.5 Å². The molecule has 3 aliphatic heterocycles. The van der Waals surface area contributed by atoms with Crippen molar-refractivity contribution in [1.82, 2.24) is 30.1 Å². The fraction of sp³-hybridized carbons (Fsp3) is 0.480. The number of aromatic nitrogens is 6. The summed E-state index contributed by atoms with van der Waals surface area (Å²) in [6, 6.07) is 4.09. The molecule has 0 saturated carbocycles. The van der Waals surface area contributed by atoms with Crippen molar-refractivity contribution in [3.8, 4) is 11.6 Å². The topological polar surface area (TPSA) is 135 Å². The van der Waals surface area contributed by atoms with Gasteiger partial charge in [0.25, 0.3) is 0 Å². The van der Waals surface area contributed by atoms with Crippen molar-refractivity contribution in [3.05, 3.63) is 36.5 Å². The molecule has 4 aromatic rings. The zero-order valence-electron chi connectivity index (χ0n) is 20.6. The van der Waals surface area contributed by atoms with Gasteiger partial charge in [-0.15, -0.1) is 12.4 Å². The predicted molar refractivity (Wildman–Crippen MR) is 141 cm³/mol. The van der Waals surface area contributed by atoms with Crippen LogP contribution in [0, 0.1) is 5.41 Å². The average molecular weight is 524 g/mol. The highest BCUT2D eigenvalue weighted by atomic mass is 35.5. The van der Waals surface area contributed by atoms with Gasteiger partial charge >= 0.3 is 0 Å². The summed E-state index contributed by atoms with van der Waals surface area (Å²) < 4.78 is 11.3. The minimum atomic E-state index is 0. The van der Waals surface area contributed by atoms with Gasteiger partial charge in [0, 0.05) is 31.1 Å². The molecule has 0 bridgehead atoms. The van der Waals surface area contributed by atoms with Gasteiger partial charge in [-0.25, -0.2) is 19.9 Å². The van der Waals surface area contributed by atoms with Crippen molar-refractivity contribution in [1.29, 1.82) is 0 Å². The number of ether oxygens (including phenoxy) is 1. The summed E-state index contributed by atoms with van der Waals surface area (Å²) >= 11 is 0. The molecule has 2 fully saturated rings. The average Bonchev–Trinajstić information content (AvgIpc) is 3.66. The molecular formula is C25H30ClN9O2. The molecule has 3 N–H and O–H groups in total. The second kappa shape index (κ2) is 9.23. The number of nitrogens with two attached hydrogens (primary N) is 1. The first-order chi connectivity index (χ1) is 17.6. The minimum absolute atomic E-state index is 0. The predicted octanol–water partition coefficient (Wildman–Crippen LogP) is 3.24. The highest BCUT2D eigenvalue weighted by molar-refractivity contribution is 5.87. The number of fused-ring (bicyclic) bond motifs is 2. The van der Waals surface area contributed by atoms with Crippen molar-refractivity contribution >= 4 is 40.9 Å². The largest absolute Gasteiger partial charge is 0.443 e. The van der Waals surface area contributed by atoms with Crippen LogP contribution in [0.5, 0.6) is 0 Å². The zero-order valence-corrected chi connectivity index (χ0v) is 21.4. The molecule has 2 saturated heterocycles. The Morgan fingerprint density at radius 3 is 2.76 bits per heavy atom. The maximum atomic E-state index is 6.49. The lowest BCUT2D eigenvalue weighted by Crippen LogP contribution is -2.50. The number of nitrogens with one attached hydrogen (secondary N) is 1. The molecule has 0 amide bonds. The number of anilines is 3.